The number of nitrogens with two attached hydrogens (primary N) is 1. The Morgan fingerprint density at radius 3 is 2.42 bits per heavy atom. The molecule has 0 bridgehead atoms. The minimum Gasteiger partial charge on any atom is -0.378 e. The Labute approximate surface area is 152 Å². The summed E-state index contributed by atoms with van der Waals surface area (Å²) < 4.78 is 0. The number of aromatic nitrogens is 2. The standard InChI is InChI=1S/C18H24N6O2/c1-12-7-8-14(11-13(12)2)20-18-21-16(19)15(24(25)26)17(22-18)23-9-5-3-4-6-10-23/h7-8,11H,3-6,9-10H2,1-2H3,(H3,19,20,21,22). The van der Waals surface area contributed by atoms with Crippen LogP contribution in [0.5, 0.6) is 0 Å². The predicted molar refractivity (Wildman–Crippen MR) is 103 cm³/mol. The Morgan fingerprint density at radius 1 is 1.12 bits per heavy atom. The zero-order valence-corrected chi connectivity index (χ0v) is 15.2. The molecule has 1 aliphatic rings. The van der Waals surface area contributed by atoms with Crippen molar-refractivity contribution in [3.8, 4) is 0 Å². The molecule has 0 saturated carbocycles. The van der Waals surface area contributed by atoms with Crippen LogP contribution in [-0.4, -0.2) is 28.0 Å². The predicted octanol–water partition coefficient (Wildman–Crippen LogP) is 3.71. The maximum absolute atomic E-state index is 11.5. The Balaban J connectivity index is 1.98. The van der Waals surface area contributed by atoms with Crippen LogP contribution in [0.1, 0.15) is 36.8 Å². The molecule has 3 N–H and O–H groups in total. The van der Waals surface area contributed by atoms with E-state index in [-0.39, 0.29) is 17.5 Å². The summed E-state index contributed by atoms with van der Waals surface area (Å²) in [5, 5.41) is 14.6. The number of hydrogen-bond donors (Lipinski definition) is 2. The molecular weight excluding hydrogens is 332 g/mol. The third-order valence-electron chi connectivity index (χ3n) is 4.74. The second kappa shape index (κ2) is 7.55. The molecule has 0 amide bonds. The molecule has 0 unspecified atom stereocenters. The first-order chi connectivity index (χ1) is 12.5. The number of anilines is 4. The molecule has 1 aromatic heterocycles. The molecule has 26 heavy (non-hydrogen) atoms. The second-order valence-corrected chi connectivity index (χ2v) is 6.69. The summed E-state index contributed by atoms with van der Waals surface area (Å²) in [4.78, 5) is 21.5. The van der Waals surface area contributed by atoms with Crippen molar-refractivity contribution in [1.82, 2.24) is 9.97 Å². The number of nitrogens with one attached hydrogen (secondary N) is 1. The van der Waals surface area contributed by atoms with Crippen molar-refractivity contribution in [3.05, 3.63) is 39.4 Å². The van der Waals surface area contributed by atoms with Crippen molar-refractivity contribution >= 4 is 29.0 Å². The summed E-state index contributed by atoms with van der Waals surface area (Å²) in [5.74, 6) is 0.460. The fraction of sp³-hybridized carbons (Fsp3) is 0.444. The lowest BCUT2D eigenvalue weighted by atomic mass is 10.1. The molecule has 0 radical (unpaired) electrons. The minimum absolute atomic E-state index is 0.115. The molecule has 0 aliphatic carbocycles. The smallest absolute Gasteiger partial charge is 0.353 e. The van der Waals surface area contributed by atoms with E-state index in [4.69, 9.17) is 5.73 Å². The highest BCUT2D eigenvalue weighted by molar-refractivity contribution is 5.72. The average molecular weight is 356 g/mol. The first-order valence-corrected chi connectivity index (χ1v) is 8.87. The Bertz CT molecular complexity index is 816. The topological polar surface area (TPSA) is 110 Å². The van der Waals surface area contributed by atoms with Crippen LogP contribution in [0.25, 0.3) is 0 Å². The van der Waals surface area contributed by atoms with E-state index in [1.54, 1.807) is 0 Å². The van der Waals surface area contributed by atoms with Crippen molar-refractivity contribution in [2.75, 3.05) is 29.0 Å². The third-order valence-corrected chi connectivity index (χ3v) is 4.74. The molecule has 1 aliphatic heterocycles. The number of nitrogens with zero attached hydrogens (tertiary/aromatic N) is 4. The molecule has 8 heteroatoms. The van der Waals surface area contributed by atoms with Crippen molar-refractivity contribution < 1.29 is 4.92 Å². The Kier molecular flexibility index (Phi) is 5.20. The van der Waals surface area contributed by atoms with Gasteiger partial charge in [0.2, 0.25) is 17.6 Å². The van der Waals surface area contributed by atoms with Gasteiger partial charge in [0.15, 0.2) is 0 Å². The Hall–Kier alpha value is -2.90. The lowest BCUT2D eigenvalue weighted by molar-refractivity contribution is -0.383. The van der Waals surface area contributed by atoms with Crippen LogP contribution in [0.15, 0.2) is 18.2 Å². The van der Waals surface area contributed by atoms with E-state index in [9.17, 15) is 10.1 Å². The van der Waals surface area contributed by atoms with Gasteiger partial charge >= 0.3 is 5.69 Å². The molecule has 1 aromatic carbocycles. The number of aryl methyl sites for hydroxylation is 2. The summed E-state index contributed by atoms with van der Waals surface area (Å²) in [6.07, 6.45) is 4.22. The molecule has 0 atom stereocenters. The maximum Gasteiger partial charge on any atom is 0.353 e. The van der Waals surface area contributed by atoms with Crippen LogP contribution >= 0.6 is 0 Å². The van der Waals surface area contributed by atoms with Crippen LogP contribution in [-0.2, 0) is 0 Å². The Morgan fingerprint density at radius 2 is 1.81 bits per heavy atom. The highest BCUT2D eigenvalue weighted by atomic mass is 16.6. The molecule has 3 rings (SSSR count). The number of benzene rings is 1. The molecule has 1 fully saturated rings. The van der Waals surface area contributed by atoms with Crippen LogP contribution in [0.3, 0.4) is 0 Å². The lowest BCUT2D eigenvalue weighted by Crippen LogP contribution is -2.26. The summed E-state index contributed by atoms with van der Waals surface area (Å²) in [5.41, 5.74) is 8.85. The van der Waals surface area contributed by atoms with Gasteiger partial charge in [-0.1, -0.05) is 18.9 Å². The van der Waals surface area contributed by atoms with E-state index in [2.05, 4.69) is 15.3 Å². The van der Waals surface area contributed by atoms with Gasteiger partial charge in [-0.2, -0.15) is 9.97 Å². The van der Waals surface area contributed by atoms with Gasteiger partial charge in [-0.05, 0) is 49.9 Å². The van der Waals surface area contributed by atoms with Crippen molar-refractivity contribution in [1.29, 1.82) is 0 Å². The van der Waals surface area contributed by atoms with Crippen LogP contribution < -0.4 is 16.0 Å². The number of nitro groups is 1. The van der Waals surface area contributed by atoms with Crippen molar-refractivity contribution in [2.45, 2.75) is 39.5 Å². The lowest BCUT2D eigenvalue weighted by Gasteiger charge is -2.22. The maximum atomic E-state index is 11.5. The fourth-order valence-corrected chi connectivity index (χ4v) is 3.14. The van der Waals surface area contributed by atoms with Gasteiger partial charge in [-0.25, -0.2) is 0 Å². The summed E-state index contributed by atoms with van der Waals surface area (Å²) in [7, 11) is 0. The van der Waals surface area contributed by atoms with Gasteiger partial charge in [-0.15, -0.1) is 0 Å². The second-order valence-electron chi connectivity index (χ2n) is 6.69. The van der Waals surface area contributed by atoms with E-state index in [0.29, 0.717) is 5.82 Å². The van der Waals surface area contributed by atoms with Crippen LogP contribution in [0, 0.1) is 24.0 Å². The molecular formula is C18H24N6O2. The first kappa shape index (κ1) is 17.9. The quantitative estimate of drug-likeness (QED) is 0.634. The number of rotatable bonds is 4. The zero-order chi connectivity index (χ0) is 18.7. The highest BCUT2D eigenvalue weighted by Crippen LogP contribution is 2.34. The van der Waals surface area contributed by atoms with Crippen LogP contribution in [0.2, 0.25) is 0 Å². The molecule has 138 valence electrons. The number of hydrogen-bond acceptors (Lipinski definition) is 7. The van der Waals surface area contributed by atoms with Crippen molar-refractivity contribution in [3.63, 3.8) is 0 Å². The van der Waals surface area contributed by atoms with E-state index in [0.717, 1.165) is 50.0 Å². The normalized spacial score (nSPS) is 14.8. The molecule has 2 heterocycles. The zero-order valence-electron chi connectivity index (χ0n) is 15.2. The summed E-state index contributed by atoms with van der Waals surface area (Å²) >= 11 is 0. The van der Waals surface area contributed by atoms with Gasteiger partial charge in [-0.3, -0.25) is 10.1 Å². The van der Waals surface area contributed by atoms with Gasteiger partial charge in [0.1, 0.15) is 0 Å². The van der Waals surface area contributed by atoms with Gasteiger partial charge in [0.25, 0.3) is 0 Å². The van der Waals surface area contributed by atoms with E-state index >= 15 is 0 Å². The monoisotopic (exact) mass is 356 g/mol. The molecule has 0 spiro atoms. The average Bonchev–Trinajstić information content (AvgIpc) is 2.86. The largest absolute Gasteiger partial charge is 0.378 e. The van der Waals surface area contributed by atoms with E-state index in [1.807, 2.05) is 36.9 Å². The first-order valence-electron chi connectivity index (χ1n) is 8.87. The molecule has 2 aromatic rings. The minimum atomic E-state index is -0.491. The van der Waals surface area contributed by atoms with Gasteiger partial charge in [0, 0.05) is 18.8 Å². The molecule has 8 nitrogen and oxygen atoms in total. The molecule has 1 saturated heterocycles. The summed E-state index contributed by atoms with van der Waals surface area (Å²) in [6, 6.07) is 5.92. The highest BCUT2D eigenvalue weighted by Gasteiger charge is 2.27. The third kappa shape index (κ3) is 3.84. The number of nitrogen functional groups attached to an aromatic ring is 1. The summed E-state index contributed by atoms with van der Waals surface area (Å²) in [6.45, 7) is 5.53. The van der Waals surface area contributed by atoms with Gasteiger partial charge < -0.3 is 16.0 Å². The van der Waals surface area contributed by atoms with E-state index < -0.39 is 4.92 Å². The van der Waals surface area contributed by atoms with Gasteiger partial charge in [0.05, 0.1) is 4.92 Å². The SMILES string of the molecule is Cc1ccc(Nc2nc(N)c([N+](=O)[O-])c(N3CCCCCC3)n2)cc1C. The fourth-order valence-electron chi connectivity index (χ4n) is 3.14. The van der Waals surface area contributed by atoms with E-state index in [1.165, 1.54) is 5.56 Å². The van der Waals surface area contributed by atoms with Crippen molar-refractivity contribution in [2.24, 2.45) is 0 Å². The van der Waals surface area contributed by atoms with Crippen LogP contribution in [0.4, 0.5) is 29.0 Å².